The van der Waals surface area contributed by atoms with Crippen LogP contribution in [0.2, 0.25) is 0 Å². The summed E-state index contributed by atoms with van der Waals surface area (Å²) in [5.41, 5.74) is 0.772. The van der Waals surface area contributed by atoms with Gasteiger partial charge in [0, 0.05) is 12.2 Å². The van der Waals surface area contributed by atoms with Crippen LogP contribution in [0.5, 0.6) is 0 Å². The molecule has 1 fully saturated rings. The molecule has 1 N–H and O–H groups in total. The first kappa shape index (κ1) is 9.43. The van der Waals surface area contributed by atoms with Crippen LogP contribution >= 0.6 is 0 Å². The van der Waals surface area contributed by atoms with Crippen molar-refractivity contribution in [1.29, 1.82) is 0 Å². The molecule has 1 heterocycles. The first-order valence-electron chi connectivity index (χ1n) is 4.73. The van der Waals surface area contributed by atoms with Crippen molar-refractivity contribution in [2.75, 3.05) is 5.32 Å². The highest BCUT2D eigenvalue weighted by Crippen LogP contribution is 2.24. The number of halogens is 2. The van der Waals surface area contributed by atoms with Crippen LogP contribution in [0, 0.1) is 6.92 Å². The normalized spacial score (nSPS) is 16.3. The largest absolute Gasteiger partial charge is 0.353 e. The number of aryl methyl sites for hydroxylation is 1. The molecule has 1 aromatic rings. The van der Waals surface area contributed by atoms with Crippen molar-refractivity contribution in [3.8, 4) is 0 Å². The second-order valence-corrected chi connectivity index (χ2v) is 3.67. The summed E-state index contributed by atoms with van der Waals surface area (Å²) in [7, 11) is 0. The number of aromatic nitrogens is 2. The Morgan fingerprint density at radius 3 is 2.93 bits per heavy atom. The molecule has 5 heteroatoms. The molecular formula is C9H13F2N3. The molecular weight excluding hydrogens is 188 g/mol. The fourth-order valence-electron chi connectivity index (χ4n) is 1.36. The van der Waals surface area contributed by atoms with Gasteiger partial charge >= 0.3 is 0 Å². The molecule has 1 aliphatic carbocycles. The monoisotopic (exact) mass is 201 g/mol. The summed E-state index contributed by atoms with van der Waals surface area (Å²) >= 11 is 0. The Balaban J connectivity index is 2.10. The van der Waals surface area contributed by atoms with Gasteiger partial charge in [-0.25, -0.2) is 13.8 Å². The summed E-state index contributed by atoms with van der Waals surface area (Å²) < 4.78 is 25.9. The minimum absolute atomic E-state index is 0.282. The van der Waals surface area contributed by atoms with Crippen molar-refractivity contribution in [3.63, 3.8) is 0 Å². The zero-order chi connectivity index (χ0) is 10.1. The van der Waals surface area contributed by atoms with Crippen molar-refractivity contribution in [3.05, 3.63) is 11.9 Å². The molecule has 1 saturated carbocycles. The van der Waals surface area contributed by atoms with E-state index >= 15 is 0 Å². The summed E-state index contributed by atoms with van der Waals surface area (Å²) in [5, 5.41) is 3.13. The maximum atomic E-state index is 12.2. The zero-order valence-corrected chi connectivity index (χ0v) is 8.00. The quantitative estimate of drug-likeness (QED) is 0.807. The molecule has 0 atom stereocenters. The highest BCUT2D eigenvalue weighted by molar-refractivity contribution is 5.32. The molecule has 0 bridgehead atoms. The lowest BCUT2D eigenvalue weighted by molar-refractivity contribution is 0.127. The molecule has 1 aliphatic rings. The molecule has 0 unspecified atom stereocenters. The summed E-state index contributed by atoms with van der Waals surface area (Å²) in [4.78, 5) is 4.16. The lowest BCUT2D eigenvalue weighted by Crippen LogP contribution is -2.12. The Morgan fingerprint density at radius 2 is 2.36 bits per heavy atom. The van der Waals surface area contributed by atoms with Crippen molar-refractivity contribution in [1.82, 2.24) is 9.55 Å². The fourth-order valence-corrected chi connectivity index (χ4v) is 1.36. The average molecular weight is 201 g/mol. The predicted molar refractivity (Wildman–Crippen MR) is 49.6 cm³/mol. The van der Waals surface area contributed by atoms with E-state index in [0.29, 0.717) is 12.0 Å². The molecule has 3 nitrogen and oxygen atoms in total. The molecule has 14 heavy (non-hydrogen) atoms. The van der Waals surface area contributed by atoms with Crippen LogP contribution in [0.15, 0.2) is 6.20 Å². The van der Waals surface area contributed by atoms with Gasteiger partial charge in [-0.2, -0.15) is 0 Å². The van der Waals surface area contributed by atoms with E-state index in [0.717, 1.165) is 18.5 Å². The average Bonchev–Trinajstić information content (AvgIpc) is 2.79. The molecule has 0 aliphatic heterocycles. The van der Waals surface area contributed by atoms with Crippen LogP contribution in [0.25, 0.3) is 0 Å². The molecule has 0 spiro atoms. The van der Waals surface area contributed by atoms with Crippen LogP contribution in [0.4, 0.5) is 14.7 Å². The maximum absolute atomic E-state index is 12.2. The van der Waals surface area contributed by atoms with E-state index in [1.165, 1.54) is 4.57 Å². The molecule has 0 amide bonds. The van der Waals surface area contributed by atoms with Crippen molar-refractivity contribution in [2.45, 2.75) is 38.8 Å². The Morgan fingerprint density at radius 1 is 1.64 bits per heavy atom. The third-order valence-corrected chi connectivity index (χ3v) is 2.14. The standard InChI is InChI=1S/C9H13F2N3/c1-6-4-14(5-8(10)11)9(12-6)13-7-2-3-7/h4,7-8H,2-3,5H2,1H3,(H,12,13). The highest BCUT2D eigenvalue weighted by atomic mass is 19.3. The number of alkyl halides is 2. The number of imidazole rings is 1. The third-order valence-electron chi connectivity index (χ3n) is 2.14. The Bertz CT molecular complexity index is 296. The van der Waals surface area contributed by atoms with Crippen molar-refractivity contribution < 1.29 is 8.78 Å². The van der Waals surface area contributed by atoms with Crippen LogP contribution in [-0.2, 0) is 6.54 Å². The first-order valence-corrected chi connectivity index (χ1v) is 4.73. The lowest BCUT2D eigenvalue weighted by atomic mass is 10.5. The number of anilines is 1. The molecule has 0 aromatic carbocycles. The molecule has 0 saturated heterocycles. The van der Waals surface area contributed by atoms with Crippen LogP contribution in [0.1, 0.15) is 18.5 Å². The summed E-state index contributed by atoms with van der Waals surface area (Å²) in [5.74, 6) is 0.574. The van der Waals surface area contributed by atoms with Crippen LogP contribution in [0.3, 0.4) is 0 Å². The van der Waals surface area contributed by atoms with Gasteiger partial charge in [0.1, 0.15) is 0 Å². The van der Waals surface area contributed by atoms with E-state index in [1.807, 2.05) is 0 Å². The van der Waals surface area contributed by atoms with E-state index in [9.17, 15) is 8.78 Å². The Kier molecular flexibility index (Phi) is 2.39. The van der Waals surface area contributed by atoms with Gasteiger partial charge in [-0.1, -0.05) is 0 Å². The summed E-state index contributed by atoms with van der Waals surface area (Å²) in [6.07, 6.45) is 1.54. The number of hydrogen-bond acceptors (Lipinski definition) is 2. The molecule has 0 radical (unpaired) electrons. The molecule has 2 rings (SSSR count). The van der Waals surface area contributed by atoms with Gasteiger partial charge in [-0.3, -0.25) is 0 Å². The van der Waals surface area contributed by atoms with E-state index in [4.69, 9.17) is 0 Å². The van der Waals surface area contributed by atoms with Gasteiger partial charge in [0.2, 0.25) is 5.95 Å². The van der Waals surface area contributed by atoms with Gasteiger partial charge in [0.15, 0.2) is 0 Å². The minimum Gasteiger partial charge on any atom is -0.353 e. The molecule has 1 aromatic heterocycles. The molecule has 78 valence electrons. The van der Waals surface area contributed by atoms with Crippen molar-refractivity contribution >= 4 is 5.95 Å². The van der Waals surface area contributed by atoms with Gasteiger partial charge in [-0.15, -0.1) is 0 Å². The van der Waals surface area contributed by atoms with Gasteiger partial charge in [0.25, 0.3) is 6.43 Å². The Hall–Kier alpha value is -1.13. The van der Waals surface area contributed by atoms with E-state index < -0.39 is 6.43 Å². The number of rotatable bonds is 4. The number of nitrogens with one attached hydrogen (secondary N) is 1. The number of hydrogen-bond donors (Lipinski definition) is 1. The highest BCUT2D eigenvalue weighted by Gasteiger charge is 2.23. The maximum Gasteiger partial charge on any atom is 0.256 e. The second-order valence-electron chi connectivity index (χ2n) is 3.67. The fraction of sp³-hybridized carbons (Fsp3) is 0.667. The van der Waals surface area contributed by atoms with Gasteiger partial charge < -0.3 is 9.88 Å². The first-order chi connectivity index (χ1) is 6.65. The zero-order valence-electron chi connectivity index (χ0n) is 8.00. The second kappa shape index (κ2) is 3.55. The smallest absolute Gasteiger partial charge is 0.256 e. The topological polar surface area (TPSA) is 29.9 Å². The lowest BCUT2D eigenvalue weighted by Gasteiger charge is -2.07. The summed E-state index contributed by atoms with van der Waals surface area (Å²) in [6.45, 7) is 1.52. The number of nitrogens with zero attached hydrogens (tertiary/aromatic N) is 2. The van der Waals surface area contributed by atoms with E-state index in [-0.39, 0.29) is 6.54 Å². The van der Waals surface area contributed by atoms with Crippen molar-refractivity contribution in [2.24, 2.45) is 0 Å². The third kappa shape index (κ3) is 2.21. The van der Waals surface area contributed by atoms with E-state index in [2.05, 4.69) is 10.3 Å². The Labute approximate surface area is 81.1 Å². The minimum atomic E-state index is -2.33. The summed E-state index contributed by atoms with van der Waals surface area (Å²) in [6, 6.07) is 0.438. The van der Waals surface area contributed by atoms with Gasteiger partial charge in [-0.05, 0) is 19.8 Å². The SMILES string of the molecule is Cc1cn(CC(F)F)c(NC2CC2)n1. The van der Waals surface area contributed by atoms with Gasteiger partial charge in [0.05, 0.1) is 12.2 Å². The predicted octanol–water partition coefficient (Wildman–Crippen LogP) is 2.03. The van der Waals surface area contributed by atoms with E-state index in [1.54, 1.807) is 13.1 Å². The van der Waals surface area contributed by atoms with Crippen LogP contribution < -0.4 is 5.32 Å². The van der Waals surface area contributed by atoms with Crippen LogP contribution in [-0.4, -0.2) is 22.0 Å².